The predicted molar refractivity (Wildman–Crippen MR) is 91.6 cm³/mol. The molecule has 1 saturated carbocycles. The molecule has 1 aromatic rings. The summed E-state index contributed by atoms with van der Waals surface area (Å²) in [5.74, 6) is 0. The second-order valence-electron chi connectivity index (χ2n) is 5.17. The molecule has 0 radical (unpaired) electrons. The van der Waals surface area contributed by atoms with Crippen LogP contribution >= 0.6 is 11.8 Å². The Kier molecular flexibility index (Phi) is 11.9. The minimum Gasteiger partial charge on any atom is -0.396 e. The van der Waals surface area contributed by atoms with Gasteiger partial charge in [-0.25, -0.2) is 0 Å². The van der Waals surface area contributed by atoms with Gasteiger partial charge in [-0.1, -0.05) is 12.1 Å². The number of aliphatic hydroxyl groups is 2. The van der Waals surface area contributed by atoms with Crippen LogP contribution in [0.25, 0.3) is 0 Å². The topological polar surface area (TPSA) is 110 Å². The van der Waals surface area contributed by atoms with Gasteiger partial charge in [0.15, 0.2) is 0 Å². The van der Waals surface area contributed by atoms with Gasteiger partial charge in [0, 0.05) is 22.8 Å². The van der Waals surface area contributed by atoms with E-state index in [-0.39, 0.29) is 25.2 Å². The molecule has 1 fully saturated rings. The molecule has 0 saturated heterocycles. The van der Waals surface area contributed by atoms with Gasteiger partial charge in [0.2, 0.25) is 6.41 Å². The Bertz CT molecular complexity index is 393. The number of thioether (sulfide) groups is 1. The van der Waals surface area contributed by atoms with E-state index in [9.17, 15) is 0 Å². The first-order valence-corrected chi connectivity index (χ1v) is 8.29. The summed E-state index contributed by atoms with van der Waals surface area (Å²) < 4.78 is 0. The zero-order valence-electron chi connectivity index (χ0n) is 13.3. The lowest BCUT2D eigenvalue weighted by Crippen LogP contribution is -2.04. The highest BCUT2D eigenvalue weighted by atomic mass is 32.2. The summed E-state index contributed by atoms with van der Waals surface area (Å²) >= 11 is 1.99. The van der Waals surface area contributed by atoms with Crippen molar-refractivity contribution in [1.29, 1.82) is 0 Å². The van der Waals surface area contributed by atoms with Crippen molar-refractivity contribution in [3.05, 3.63) is 29.8 Å². The van der Waals surface area contributed by atoms with E-state index in [1.54, 1.807) is 6.92 Å². The summed E-state index contributed by atoms with van der Waals surface area (Å²) in [6.07, 6.45) is 3.16. The summed E-state index contributed by atoms with van der Waals surface area (Å²) in [4.78, 5) is 9.96. The Balaban J connectivity index is 0.000000414. The maximum Gasteiger partial charge on any atom is 0.204 e. The maximum absolute atomic E-state index is 8.58. The zero-order chi connectivity index (χ0) is 17.0. The fourth-order valence-corrected chi connectivity index (χ4v) is 2.47. The van der Waals surface area contributed by atoms with E-state index in [1.165, 1.54) is 23.3 Å². The largest absolute Gasteiger partial charge is 0.396 e. The van der Waals surface area contributed by atoms with Crippen LogP contribution in [0.4, 0.5) is 0 Å². The van der Waals surface area contributed by atoms with E-state index in [0.29, 0.717) is 6.42 Å². The van der Waals surface area contributed by atoms with Crippen molar-refractivity contribution in [3.8, 4) is 0 Å². The van der Waals surface area contributed by atoms with E-state index in [2.05, 4.69) is 30.0 Å². The van der Waals surface area contributed by atoms with Crippen LogP contribution in [0.2, 0.25) is 0 Å². The van der Waals surface area contributed by atoms with E-state index >= 15 is 0 Å². The molecule has 126 valence electrons. The SMILES string of the molecule is CC(N)c1ccc(SC2CC2)cc1.C[C@H](O)CCO.NC=O. The Labute approximate surface area is 137 Å². The van der Waals surface area contributed by atoms with Crippen LogP contribution in [-0.2, 0) is 4.79 Å². The Morgan fingerprint density at radius 1 is 1.32 bits per heavy atom. The third-order valence-corrected chi connectivity index (χ3v) is 4.13. The standard InChI is InChI=1S/C11H15NS.C4H10O2.CH3NO/c1-8(12)9-2-4-10(5-3-9)13-11-6-7-11;1-4(6)2-3-5;2-1-3/h2-5,8,11H,6-7,12H2,1H3;4-6H,2-3H2,1H3;1H,(H2,2,3)/t;4-;/m.0./s1. The van der Waals surface area contributed by atoms with Gasteiger partial charge < -0.3 is 21.7 Å². The molecule has 6 N–H and O–H groups in total. The summed E-state index contributed by atoms with van der Waals surface area (Å²) in [5.41, 5.74) is 11.2. The molecule has 0 heterocycles. The first-order chi connectivity index (χ1) is 10.4. The molecule has 0 aliphatic heterocycles. The fourth-order valence-electron chi connectivity index (χ4n) is 1.42. The van der Waals surface area contributed by atoms with Crippen LogP contribution in [0.5, 0.6) is 0 Å². The third-order valence-electron chi connectivity index (χ3n) is 2.78. The molecule has 5 nitrogen and oxygen atoms in total. The highest BCUT2D eigenvalue weighted by Gasteiger charge is 2.22. The van der Waals surface area contributed by atoms with Gasteiger partial charge in [0.1, 0.15) is 0 Å². The van der Waals surface area contributed by atoms with Crippen LogP contribution in [0.1, 0.15) is 44.7 Å². The van der Waals surface area contributed by atoms with Crippen molar-refractivity contribution in [1.82, 2.24) is 0 Å². The lowest BCUT2D eigenvalue weighted by molar-refractivity contribution is -0.106. The third kappa shape index (κ3) is 11.6. The monoisotopic (exact) mass is 328 g/mol. The van der Waals surface area contributed by atoms with Gasteiger partial charge in [-0.2, -0.15) is 0 Å². The van der Waals surface area contributed by atoms with Crippen molar-refractivity contribution in [2.75, 3.05) is 6.61 Å². The van der Waals surface area contributed by atoms with Crippen molar-refractivity contribution >= 4 is 18.2 Å². The molecule has 2 atom stereocenters. The van der Waals surface area contributed by atoms with Gasteiger partial charge in [-0.15, -0.1) is 11.8 Å². The predicted octanol–water partition coefficient (Wildman–Crippen LogP) is 1.81. The van der Waals surface area contributed by atoms with Crippen molar-refractivity contribution in [2.24, 2.45) is 11.5 Å². The molecular weight excluding hydrogens is 300 g/mol. The number of carbonyl (C=O) groups is 1. The maximum atomic E-state index is 8.58. The van der Waals surface area contributed by atoms with Gasteiger partial charge in [0.05, 0.1) is 6.10 Å². The van der Waals surface area contributed by atoms with Crippen molar-refractivity contribution < 1.29 is 15.0 Å². The summed E-state index contributed by atoms with van der Waals surface area (Å²) in [7, 11) is 0. The molecule has 0 spiro atoms. The lowest BCUT2D eigenvalue weighted by atomic mass is 10.1. The normalized spacial score (nSPS) is 15.5. The Morgan fingerprint density at radius 2 is 1.82 bits per heavy atom. The summed E-state index contributed by atoms with van der Waals surface area (Å²) in [5, 5.41) is 17.4. The molecular formula is C16H28N2O3S. The van der Waals surface area contributed by atoms with E-state index in [1.807, 2.05) is 18.7 Å². The summed E-state index contributed by atoms with van der Waals surface area (Å²) in [6, 6.07) is 8.79. The lowest BCUT2D eigenvalue weighted by Gasteiger charge is -2.06. The number of benzene rings is 1. The van der Waals surface area contributed by atoms with Crippen molar-refractivity contribution in [3.63, 3.8) is 0 Å². The second-order valence-corrected chi connectivity index (χ2v) is 6.55. The molecule has 2 rings (SSSR count). The van der Waals surface area contributed by atoms with Crippen LogP contribution < -0.4 is 11.5 Å². The molecule has 1 aliphatic rings. The smallest absolute Gasteiger partial charge is 0.204 e. The molecule has 0 bridgehead atoms. The van der Waals surface area contributed by atoms with Gasteiger partial charge in [-0.3, -0.25) is 4.79 Å². The molecule has 1 amide bonds. The van der Waals surface area contributed by atoms with Crippen LogP contribution in [0, 0.1) is 0 Å². The van der Waals surface area contributed by atoms with Gasteiger partial charge in [0.25, 0.3) is 0 Å². The Morgan fingerprint density at radius 3 is 2.09 bits per heavy atom. The van der Waals surface area contributed by atoms with E-state index < -0.39 is 0 Å². The number of primary amides is 1. The highest BCUT2D eigenvalue weighted by Crippen LogP contribution is 2.39. The number of rotatable bonds is 5. The quantitative estimate of drug-likeness (QED) is 0.616. The number of amides is 1. The molecule has 22 heavy (non-hydrogen) atoms. The molecule has 0 aromatic heterocycles. The van der Waals surface area contributed by atoms with Gasteiger partial charge in [-0.05, 0) is 50.8 Å². The molecule has 1 aromatic carbocycles. The fraction of sp³-hybridized carbons (Fsp3) is 0.562. The zero-order valence-corrected chi connectivity index (χ0v) is 14.1. The average molecular weight is 328 g/mol. The number of carbonyl (C=O) groups excluding carboxylic acids is 1. The summed E-state index contributed by atoms with van der Waals surface area (Å²) in [6.45, 7) is 3.75. The van der Waals surface area contributed by atoms with Crippen LogP contribution in [-0.4, -0.2) is 34.6 Å². The number of hydrogen-bond donors (Lipinski definition) is 4. The van der Waals surface area contributed by atoms with E-state index in [4.69, 9.17) is 20.7 Å². The van der Waals surface area contributed by atoms with E-state index in [0.717, 1.165) is 5.25 Å². The van der Waals surface area contributed by atoms with Gasteiger partial charge >= 0.3 is 0 Å². The first kappa shape index (κ1) is 20.9. The minimum atomic E-state index is -0.352. The molecule has 1 aliphatic carbocycles. The molecule has 1 unspecified atom stereocenters. The highest BCUT2D eigenvalue weighted by molar-refractivity contribution is 8.00. The second kappa shape index (κ2) is 12.5. The number of aliphatic hydroxyl groups excluding tert-OH is 2. The average Bonchev–Trinajstić information content (AvgIpc) is 3.25. The van der Waals surface area contributed by atoms with Crippen LogP contribution in [0.15, 0.2) is 29.2 Å². The van der Waals surface area contributed by atoms with Crippen LogP contribution in [0.3, 0.4) is 0 Å². The first-order valence-electron chi connectivity index (χ1n) is 7.41. The Hall–Kier alpha value is -1.08. The minimum absolute atomic E-state index is 0.0810. The van der Waals surface area contributed by atoms with Crippen molar-refractivity contribution in [2.45, 2.75) is 55.4 Å². The molecule has 6 heteroatoms. The number of hydrogen-bond acceptors (Lipinski definition) is 5. The number of nitrogens with two attached hydrogens (primary N) is 2.